The lowest BCUT2D eigenvalue weighted by atomic mass is 10.1. The number of amides is 1. The zero-order chi connectivity index (χ0) is 17.5. The smallest absolute Gasteiger partial charge is 0.222 e. The van der Waals surface area contributed by atoms with Crippen LogP contribution in [0.1, 0.15) is 23.3 Å². The summed E-state index contributed by atoms with van der Waals surface area (Å²) < 4.78 is 0. The second-order valence-corrected chi connectivity index (χ2v) is 8.00. The van der Waals surface area contributed by atoms with Gasteiger partial charge in [0, 0.05) is 49.0 Å². The van der Waals surface area contributed by atoms with Crippen molar-refractivity contribution in [3.63, 3.8) is 0 Å². The van der Waals surface area contributed by atoms with Crippen molar-refractivity contribution in [1.29, 1.82) is 0 Å². The number of nitrogens with zero attached hydrogens (tertiary/aromatic N) is 2. The van der Waals surface area contributed by atoms with Crippen LogP contribution in [-0.4, -0.2) is 48.4 Å². The highest BCUT2D eigenvalue weighted by molar-refractivity contribution is 7.09. The molecule has 0 unspecified atom stereocenters. The van der Waals surface area contributed by atoms with Gasteiger partial charge >= 0.3 is 0 Å². The number of carbonyl (C=O) groups is 1. The lowest BCUT2D eigenvalue weighted by Gasteiger charge is -2.34. The molecule has 1 saturated heterocycles. The molecule has 0 spiro atoms. The molecule has 1 amide bonds. The molecule has 0 bridgehead atoms. The van der Waals surface area contributed by atoms with E-state index in [1.807, 2.05) is 40.5 Å². The monoisotopic (exact) mass is 376 g/mol. The molecule has 0 saturated carbocycles. The first kappa shape index (κ1) is 18.4. The van der Waals surface area contributed by atoms with Gasteiger partial charge in [0.2, 0.25) is 5.91 Å². The third-order valence-corrected chi connectivity index (χ3v) is 5.94. The summed E-state index contributed by atoms with van der Waals surface area (Å²) in [4.78, 5) is 18.3. The molecular weight excluding hydrogens is 352 g/mol. The van der Waals surface area contributed by atoms with Gasteiger partial charge in [0.25, 0.3) is 0 Å². The zero-order valence-electron chi connectivity index (χ0n) is 14.5. The van der Waals surface area contributed by atoms with E-state index >= 15 is 0 Å². The minimum atomic E-state index is 0.298. The van der Waals surface area contributed by atoms with Crippen molar-refractivity contribution in [1.82, 2.24) is 9.80 Å². The number of piperazine rings is 1. The number of rotatable bonds is 7. The highest BCUT2D eigenvalue weighted by Gasteiger charge is 2.20. The molecule has 2 aromatic rings. The average Bonchev–Trinajstić information content (AvgIpc) is 3.15. The Morgan fingerprint density at radius 2 is 1.80 bits per heavy atom. The van der Waals surface area contributed by atoms with Gasteiger partial charge in [-0.05, 0) is 48.4 Å². The molecule has 1 aliphatic rings. The summed E-state index contributed by atoms with van der Waals surface area (Å²) in [5, 5.41) is 2.90. The van der Waals surface area contributed by atoms with Crippen molar-refractivity contribution >= 4 is 28.8 Å². The number of halogens is 1. The Hall–Kier alpha value is -1.36. The van der Waals surface area contributed by atoms with Gasteiger partial charge in [-0.3, -0.25) is 9.69 Å². The van der Waals surface area contributed by atoms with Gasteiger partial charge in [-0.15, -0.1) is 11.3 Å². The number of carbonyl (C=O) groups excluding carboxylic acids is 1. The van der Waals surface area contributed by atoms with Crippen LogP contribution in [0.2, 0.25) is 5.02 Å². The fourth-order valence-corrected chi connectivity index (χ4v) is 4.02. The molecule has 1 aromatic heterocycles. The van der Waals surface area contributed by atoms with Crippen LogP contribution in [0.15, 0.2) is 41.8 Å². The van der Waals surface area contributed by atoms with Crippen molar-refractivity contribution in [3.05, 3.63) is 57.2 Å². The largest absolute Gasteiger partial charge is 0.340 e. The maximum absolute atomic E-state index is 12.4. The Morgan fingerprint density at radius 3 is 2.48 bits per heavy atom. The summed E-state index contributed by atoms with van der Waals surface area (Å²) in [6.07, 6.45) is 3.59. The standard InChI is InChI=1S/C20H25ClN2OS/c21-18-8-6-17(7-9-18)3-1-5-20(24)23-14-12-22(13-15-23)11-10-19-4-2-16-25-19/h2,4,6-9,16H,1,3,5,10-15H2. The van der Waals surface area contributed by atoms with E-state index in [2.05, 4.69) is 22.4 Å². The van der Waals surface area contributed by atoms with Gasteiger partial charge in [-0.1, -0.05) is 29.8 Å². The Kier molecular flexibility index (Phi) is 6.91. The Morgan fingerprint density at radius 1 is 1.04 bits per heavy atom. The van der Waals surface area contributed by atoms with Gasteiger partial charge in [-0.2, -0.15) is 0 Å². The normalized spacial score (nSPS) is 15.5. The molecule has 0 N–H and O–H groups in total. The van der Waals surface area contributed by atoms with Crippen LogP contribution in [0, 0.1) is 0 Å². The Balaban J connectivity index is 1.33. The van der Waals surface area contributed by atoms with E-state index in [0.717, 1.165) is 57.0 Å². The fraction of sp³-hybridized carbons (Fsp3) is 0.450. The summed E-state index contributed by atoms with van der Waals surface area (Å²) in [6.45, 7) is 4.82. The number of hydrogen-bond donors (Lipinski definition) is 0. The van der Waals surface area contributed by atoms with Crippen LogP contribution in [0.4, 0.5) is 0 Å². The molecule has 1 fully saturated rings. The van der Waals surface area contributed by atoms with Gasteiger partial charge < -0.3 is 4.90 Å². The molecule has 2 heterocycles. The Bertz CT molecular complexity index is 649. The molecule has 1 aromatic carbocycles. The van der Waals surface area contributed by atoms with Crippen molar-refractivity contribution in [2.75, 3.05) is 32.7 Å². The molecule has 1 aliphatic heterocycles. The third-order valence-electron chi connectivity index (χ3n) is 4.75. The van der Waals surface area contributed by atoms with Crippen LogP contribution >= 0.6 is 22.9 Å². The first-order chi connectivity index (χ1) is 12.2. The topological polar surface area (TPSA) is 23.6 Å². The predicted molar refractivity (Wildman–Crippen MR) is 105 cm³/mol. The number of aryl methyl sites for hydroxylation is 1. The van der Waals surface area contributed by atoms with E-state index in [1.54, 1.807) is 0 Å². The third kappa shape index (κ3) is 5.84. The maximum atomic E-state index is 12.4. The highest BCUT2D eigenvalue weighted by atomic mass is 35.5. The maximum Gasteiger partial charge on any atom is 0.222 e. The number of thiophene rings is 1. The fourth-order valence-electron chi connectivity index (χ4n) is 3.20. The van der Waals surface area contributed by atoms with E-state index in [0.29, 0.717) is 12.3 Å². The summed E-state index contributed by atoms with van der Waals surface area (Å²) in [5.74, 6) is 0.298. The molecule has 0 radical (unpaired) electrons. The highest BCUT2D eigenvalue weighted by Crippen LogP contribution is 2.14. The van der Waals surface area contributed by atoms with Gasteiger partial charge in [0.15, 0.2) is 0 Å². The van der Waals surface area contributed by atoms with E-state index < -0.39 is 0 Å². The predicted octanol–water partition coefficient (Wildman–Crippen LogP) is 4.11. The Labute approximate surface area is 159 Å². The summed E-state index contributed by atoms with van der Waals surface area (Å²) in [7, 11) is 0. The van der Waals surface area contributed by atoms with Crippen LogP contribution in [0.3, 0.4) is 0 Å². The SMILES string of the molecule is O=C(CCCc1ccc(Cl)cc1)N1CCN(CCc2cccs2)CC1. The van der Waals surface area contributed by atoms with Crippen LogP contribution in [0.25, 0.3) is 0 Å². The number of benzene rings is 1. The summed E-state index contributed by atoms with van der Waals surface area (Å²) in [6, 6.07) is 12.2. The first-order valence-corrected chi connectivity index (χ1v) is 10.2. The van der Waals surface area contributed by atoms with Crippen molar-refractivity contribution in [3.8, 4) is 0 Å². The van der Waals surface area contributed by atoms with Gasteiger partial charge in [-0.25, -0.2) is 0 Å². The van der Waals surface area contributed by atoms with E-state index in [-0.39, 0.29) is 0 Å². The molecule has 3 rings (SSSR count). The quantitative estimate of drug-likeness (QED) is 0.726. The second kappa shape index (κ2) is 9.37. The van der Waals surface area contributed by atoms with Gasteiger partial charge in [0.05, 0.1) is 0 Å². The molecule has 0 aliphatic carbocycles. The minimum Gasteiger partial charge on any atom is -0.340 e. The molecule has 3 nitrogen and oxygen atoms in total. The molecule has 134 valence electrons. The molecule has 25 heavy (non-hydrogen) atoms. The average molecular weight is 377 g/mol. The van der Waals surface area contributed by atoms with Crippen LogP contribution in [0.5, 0.6) is 0 Å². The van der Waals surface area contributed by atoms with Crippen LogP contribution in [-0.2, 0) is 17.6 Å². The lowest BCUT2D eigenvalue weighted by molar-refractivity contribution is -0.133. The van der Waals surface area contributed by atoms with Crippen LogP contribution < -0.4 is 0 Å². The van der Waals surface area contributed by atoms with Gasteiger partial charge in [0.1, 0.15) is 0 Å². The van der Waals surface area contributed by atoms with E-state index in [4.69, 9.17) is 11.6 Å². The van der Waals surface area contributed by atoms with Crippen molar-refractivity contribution in [2.24, 2.45) is 0 Å². The van der Waals surface area contributed by atoms with E-state index in [9.17, 15) is 4.79 Å². The van der Waals surface area contributed by atoms with E-state index in [1.165, 1.54) is 10.4 Å². The van der Waals surface area contributed by atoms with Crippen molar-refractivity contribution < 1.29 is 4.79 Å². The summed E-state index contributed by atoms with van der Waals surface area (Å²) >= 11 is 7.72. The minimum absolute atomic E-state index is 0.298. The summed E-state index contributed by atoms with van der Waals surface area (Å²) in [5.41, 5.74) is 1.25. The lowest BCUT2D eigenvalue weighted by Crippen LogP contribution is -2.49. The second-order valence-electron chi connectivity index (χ2n) is 6.53. The zero-order valence-corrected chi connectivity index (χ0v) is 16.1. The van der Waals surface area contributed by atoms with Crippen molar-refractivity contribution in [2.45, 2.75) is 25.7 Å². The first-order valence-electron chi connectivity index (χ1n) is 8.98. The molecule has 0 atom stereocenters. The number of hydrogen-bond acceptors (Lipinski definition) is 3. The molecule has 5 heteroatoms. The molecular formula is C20H25ClN2OS.